The summed E-state index contributed by atoms with van der Waals surface area (Å²) in [4.78, 5) is 30.4. The van der Waals surface area contributed by atoms with E-state index >= 15 is 0 Å². The van der Waals surface area contributed by atoms with Crippen LogP contribution in [-0.2, 0) is 4.79 Å². The van der Waals surface area contributed by atoms with Gasteiger partial charge in [-0.15, -0.1) is 0 Å². The van der Waals surface area contributed by atoms with Crippen molar-refractivity contribution in [1.82, 2.24) is 20.9 Å². The highest BCUT2D eigenvalue weighted by atomic mass is 16.5. The van der Waals surface area contributed by atoms with E-state index < -0.39 is 0 Å². The van der Waals surface area contributed by atoms with Gasteiger partial charge < -0.3 is 25.6 Å². The number of nitrogens with zero attached hydrogens (tertiary/aromatic N) is 2. The van der Waals surface area contributed by atoms with Crippen LogP contribution in [0.3, 0.4) is 0 Å². The van der Waals surface area contributed by atoms with E-state index in [9.17, 15) is 9.59 Å². The van der Waals surface area contributed by atoms with Gasteiger partial charge in [-0.1, -0.05) is 0 Å². The molecular formula is C19H29N5O3. The van der Waals surface area contributed by atoms with E-state index in [2.05, 4.69) is 20.9 Å². The van der Waals surface area contributed by atoms with E-state index in [1.807, 2.05) is 11.8 Å². The number of guanidine groups is 1. The highest BCUT2D eigenvalue weighted by Crippen LogP contribution is 2.11. The number of methoxy groups -OCH3 is 1. The Hall–Kier alpha value is -2.77. The summed E-state index contributed by atoms with van der Waals surface area (Å²) < 4.78 is 5.08. The summed E-state index contributed by atoms with van der Waals surface area (Å²) in [7, 11) is 1.59. The summed E-state index contributed by atoms with van der Waals surface area (Å²) in [5, 5.41) is 9.07. The molecule has 2 amide bonds. The number of aliphatic imine (C=N–C) groups is 1. The van der Waals surface area contributed by atoms with Crippen LogP contribution >= 0.6 is 0 Å². The number of hydrogen-bond acceptors (Lipinski definition) is 4. The van der Waals surface area contributed by atoms with Gasteiger partial charge in [-0.25, -0.2) is 4.99 Å². The Morgan fingerprint density at radius 3 is 2.37 bits per heavy atom. The molecule has 8 heteroatoms. The number of rotatable bonds is 8. The second kappa shape index (κ2) is 11.1. The molecule has 1 aliphatic rings. The molecule has 0 bridgehead atoms. The van der Waals surface area contributed by atoms with E-state index in [1.165, 1.54) is 0 Å². The number of amides is 2. The lowest BCUT2D eigenvalue weighted by Crippen LogP contribution is -2.42. The van der Waals surface area contributed by atoms with Gasteiger partial charge >= 0.3 is 0 Å². The molecule has 1 aromatic rings. The van der Waals surface area contributed by atoms with Crippen molar-refractivity contribution in [2.24, 2.45) is 4.99 Å². The van der Waals surface area contributed by atoms with Crippen LogP contribution in [0, 0.1) is 0 Å². The van der Waals surface area contributed by atoms with Crippen molar-refractivity contribution in [3.63, 3.8) is 0 Å². The molecule has 0 spiro atoms. The lowest BCUT2D eigenvalue weighted by molar-refractivity contribution is -0.128. The fraction of sp³-hybridized carbons (Fsp3) is 0.526. The van der Waals surface area contributed by atoms with E-state index in [0.717, 1.165) is 25.9 Å². The van der Waals surface area contributed by atoms with Crippen molar-refractivity contribution >= 4 is 17.8 Å². The molecule has 27 heavy (non-hydrogen) atoms. The van der Waals surface area contributed by atoms with Gasteiger partial charge in [0.05, 0.1) is 7.11 Å². The van der Waals surface area contributed by atoms with Gasteiger partial charge in [0.1, 0.15) is 12.3 Å². The molecule has 0 aliphatic carbocycles. The van der Waals surface area contributed by atoms with Crippen LogP contribution < -0.4 is 20.7 Å². The van der Waals surface area contributed by atoms with Crippen molar-refractivity contribution in [1.29, 1.82) is 0 Å². The molecule has 0 unspecified atom stereocenters. The quantitative estimate of drug-likeness (QED) is 0.351. The third kappa shape index (κ3) is 6.80. The van der Waals surface area contributed by atoms with Gasteiger partial charge in [0.25, 0.3) is 5.91 Å². The summed E-state index contributed by atoms with van der Waals surface area (Å²) in [5.41, 5.74) is 0.576. The second-order valence-corrected chi connectivity index (χ2v) is 6.19. The number of hydrogen-bond donors (Lipinski definition) is 3. The molecule has 1 saturated heterocycles. The van der Waals surface area contributed by atoms with Crippen molar-refractivity contribution in [2.45, 2.75) is 19.8 Å². The number of likely N-dealkylation sites (tertiary alicyclic amines) is 1. The summed E-state index contributed by atoms with van der Waals surface area (Å²) in [6, 6.07) is 6.94. The predicted octanol–water partition coefficient (Wildman–Crippen LogP) is 0.603. The lowest BCUT2D eigenvalue weighted by atomic mass is 10.2. The van der Waals surface area contributed by atoms with Crippen molar-refractivity contribution in [3.05, 3.63) is 29.8 Å². The predicted molar refractivity (Wildman–Crippen MR) is 105 cm³/mol. The Kier molecular flexibility index (Phi) is 8.41. The average molecular weight is 375 g/mol. The van der Waals surface area contributed by atoms with Crippen molar-refractivity contribution < 1.29 is 14.3 Å². The number of carbonyl (C=O) groups excluding carboxylic acids is 2. The summed E-state index contributed by atoms with van der Waals surface area (Å²) in [6.07, 6.45) is 2.14. The number of ether oxygens (including phenoxy) is 1. The standard InChI is InChI=1S/C19H29N5O3/c1-3-20-19(23-14-17(25)24-12-4-5-13-24)22-11-10-21-18(26)15-6-8-16(27-2)9-7-15/h6-9H,3-5,10-14H2,1-2H3,(H,21,26)(H2,20,22,23). The molecular weight excluding hydrogens is 346 g/mol. The van der Waals surface area contributed by atoms with Crippen LogP contribution in [0.1, 0.15) is 30.1 Å². The minimum absolute atomic E-state index is 0.0533. The number of carbonyl (C=O) groups is 2. The zero-order chi connectivity index (χ0) is 19.5. The van der Waals surface area contributed by atoms with Crippen LogP contribution in [0.5, 0.6) is 5.75 Å². The first-order chi connectivity index (χ1) is 13.1. The fourth-order valence-corrected chi connectivity index (χ4v) is 2.76. The number of benzene rings is 1. The molecule has 8 nitrogen and oxygen atoms in total. The fourth-order valence-electron chi connectivity index (χ4n) is 2.76. The van der Waals surface area contributed by atoms with Crippen LogP contribution in [0.4, 0.5) is 0 Å². The molecule has 0 radical (unpaired) electrons. The molecule has 1 aromatic carbocycles. The van der Waals surface area contributed by atoms with E-state index in [1.54, 1.807) is 31.4 Å². The summed E-state index contributed by atoms with van der Waals surface area (Å²) in [5.74, 6) is 1.19. The topological polar surface area (TPSA) is 95.1 Å². The smallest absolute Gasteiger partial charge is 0.251 e. The first kappa shape index (κ1) is 20.5. The largest absolute Gasteiger partial charge is 0.497 e. The minimum Gasteiger partial charge on any atom is -0.497 e. The molecule has 0 aromatic heterocycles. The zero-order valence-corrected chi connectivity index (χ0v) is 16.1. The minimum atomic E-state index is -0.148. The lowest BCUT2D eigenvalue weighted by Gasteiger charge is -2.15. The summed E-state index contributed by atoms with van der Waals surface area (Å²) in [6.45, 7) is 5.40. The van der Waals surface area contributed by atoms with E-state index in [-0.39, 0.29) is 18.4 Å². The van der Waals surface area contributed by atoms with Crippen molar-refractivity contribution in [3.8, 4) is 5.75 Å². The van der Waals surface area contributed by atoms with Crippen LogP contribution in [0.15, 0.2) is 29.3 Å². The molecule has 0 saturated carbocycles. The molecule has 148 valence electrons. The molecule has 0 atom stereocenters. The van der Waals surface area contributed by atoms with Gasteiger partial charge in [-0.3, -0.25) is 9.59 Å². The normalized spacial score (nSPS) is 14.0. The Morgan fingerprint density at radius 2 is 1.74 bits per heavy atom. The zero-order valence-electron chi connectivity index (χ0n) is 16.1. The third-order valence-corrected chi connectivity index (χ3v) is 4.23. The average Bonchev–Trinajstić information content (AvgIpc) is 3.24. The van der Waals surface area contributed by atoms with Crippen LogP contribution in [0.2, 0.25) is 0 Å². The first-order valence-electron chi connectivity index (χ1n) is 9.36. The number of nitrogens with one attached hydrogen (secondary N) is 3. The van der Waals surface area contributed by atoms with Crippen LogP contribution in [0.25, 0.3) is 0 Å². The maximum atomic E-state index is 12.1. The Balaban J connectivity index is 1.73. The monoisotopic (exact) mass is 375 g/mol. The SMILES string of the molecule is CCNC(=NCC(=O)N1CCCC1)NCCNC(=O)c1ccc(OC)cc1. The van der Waals surface area contributed by atoms with Gasteiger partial charge in [-0.05, 0) is 44.0 Å². The van der Waals surface area contributed by atoms with Gasteiger partial charge in [0.2, 0.25) is 5.91 Å². The molecule has 1 fully saturated rings. The summed E-state index contributed by atoms with van der Waals surface area (Å²) >= 11 is 0. The Bertz CT molecular complexity index is 639. The van der Waals surface area contributed by atoms with Crippen molar-refractivity contribution in [2.75, 3.05) is 46.4 Å². The molecule has 1 aliphatic heterocycles. The van der Waals surface area contributed by atoms with Gasteiger partial charge in [-0.2, -0.15) is 0 Å². The second-order valence-electron chi connectivity index (χ2n) is 6.19. The molecule has 2 rings (SSSR count). The Morgan fingerprint density at radius 1 is 1.07 bits per heavy atom. The van der Waals surface area contributed by atoms with E-state index in [4.69, 9.17) is 4.74 Å². The molecule has 3 N–H and O–H groups in total. The molecule has 1 heterocycles. The third-order valence-electron chi connectivity index (χ3n) is 4.23. The van der Waals surface area contributed by atoms with Gasteiger partial charge in [0.15, 0.2) is 5.96 Å². The highest BCUT2D eigenvalue weighted by molar-refractivity contribution is 5.94. The maximum absolute atomic E-state index is 12.1. The first-order valence-corrected chi connectivity index (χ1v) is 9.36. The van der Waals surface area contributed by atoms with Crippen LogP contribution in [-0.4, -0.2) is 69.1 Å². The Labute approximate surface area is 160 Å². The highest BCUT2D eigenvalue weighted by Gasteiger charge is 2.17. The van der Waals surface area contributed by atoms with Gasteiger partial charge in [0, 0.05) is 38.3 Å². The van der Waals surface area contributed by atoms with E-state index in [0.29, 0.717) is 36.9 Å². The maximum Gasteiger partial charge on any atom is 0.251 e.